The Morgan fingerprint density at radius 2 is 2.04 bits per heavy atom. The third-order valence-electron chi connectivity index (χ3n) is 6.39. The molecule has 0 bridgehead atoms. The van der Waals surface area contributed by atoms with Crippen LogP contribution in [-0.2, 0) is 11.2 Å². The first-order chi connectivity index (χ1) is 12.8. The van der Waals surface area contributed by atoms with Gasteiger partial charge < -0.3 is 15.2 Å². The first kappa shape index (κ1) is 20.0. The van der Waals surface area contributed by atoms with Crippen LogP contribution in [0.25, 0.3) is 0 Å². The number of unbranched alkanes of at least 4 members (excludes halogenated alkanes) is 3. The third kappa shape index (κ3) is 4.41. The van der Waals surface area contributed by atoms with Crippen LogP contribution in [0.4, 0.5) is 0 Å². The molecular weight excluding hydrogens is 338 g/mol. The first-order valence-electron chi connectivity index (χ1n) is 10.6. The molecule has 4 heteroatoms. The lowest BCUT2D eigenvalue weighted by Crippen LogP contribution is -2.50. The van der Waals surface area contributed by atoms with Gasteiger partial charge in [-0.15, -0.1) is 0 Å². The maximum atomic E-state index is 11.5. The van der Waals surface area contributed by atoms with Gasteiger partial charge in [-0.1, -0.05) is 26.2 Å². The molecule has 1 heterocycles. The van der Waals surface area contributed by atoms with Crippen LogP contribution in [0.5, 0.6) is 11.5 Å². The summed E-state index contributed by atoms with van der Waals surface area (Å²) in [4.78, 5) is 11.5. The number of aromatic hydroxyl groups is 1. The van der Waals surface area contributed by atoms with Crippen molar-refractivity contribution in [2.75, 3.05) is 0 Å². The Labute approximate surface area is 163 Å². The number of nitrogens with one attached hydrogen (secondary N) is 1. The molecule has 3 rings (SSSR count). The van der Waals surface area contributed by atoms with E-state index < -0.39 is 0 Å². The summed E-state index contributed by atoms with van der Waals surface area (Å²) in [5, 5.41) is 13.9. The summed E-state index contributed by atoms with van der Waals surface area (Å²) in [6.07, 6.45) is 8.68. The highest BCUT2D eigenvalue weighted by Crippen LogP contribution is 2.54. The van der Waals surface area contributed by atoms with Crippen LogP contribution < -0.4 is 10.1 Å². The highest BCUT2D eigenvalue weighted by atomic mass is 16.5. The zero-order valence-electron chi connectivity index (χ0n) is 17.3. The molecule has 0 spiro atoms. The fraction of sp³-hybridized carbons (Fsp3) is 0.696. The molecule has 1 amide bonds. The Kier molecular flexibility index (Phi) is 6.02. The van der Waals surface area contributed by atoms with Crippen molar-refractivity contribution in [2.24, 2.45) is 5.92 Å². The summed E-state index contributed by atoms with van der Waals surface area (Å²) in [6, 6.07) is 4.26. The average molecular weight is 374 g/mol. The predicted molar refractivity (Wildman–Crippen MR) is 108 cm³/mol. The van der Waals surface area contributed by atoms with Crippen molar-refractivity contribution in [2.45, 2.75) is 96.6 Å². The minimum atomic E-state index is -0.258. The van der Waals surface area contributed by atoms with Crippen LogP contribution in [0.3, 0.4) is 0 Å². The molecule has 2 aliphatic rings. The number of hydrogen-bond donors (Lipinski definition) is 2. The van der Waals surface area contributed by atoms with Gasteiger partial charge in [0.1, 0.15) is 17.1 Å². The van der Waals surface area contributed by atoms with Gasteiger partial charge in [0.05, 0.1) is 0 Å². The van der Waals surface area contributed by atoms with Gasteiger partial charge in [-0.2, -0.15) is 0 Å². The van der Waals surface area contributed by atoms with E-state index in [0.717, 1.165) is 49.0 Å². The van der Waals surface area contributed by atoms with Crippen LogP contribution in [0.2, 0.25) is 0 Å². The summed E-state index contributed by atoms with van der Waals surface area (Å²) < 4.78 is 6.41. The summed E-state index contributed by atoms with van der Waals surface area (Å²) in [6.45, 7) is 8.13. The van der Waals surface area contributed by atoms with Gasteiger partial charge in [-0.25, -0.2) is 0 Å². The molecule has 1 fully saturated rings. The third-order valence-corrected chi connectivity index (χ3v) is 6.39. The molecule has 1 aliphatic heterocycles. The smallest absolute Gasteiger partial charge is 0.217 e. The zero-order valence-corrected chi connectivity index (χ0v) is 17.3. The van der Waals surface area contributed by atoms with Crippen molar-refractivity contribution >= 4 is 5.91 Å². The SMILES string of the molecule is CCCCCCc1cc(O)c2c(c1)OC(C)(C)C1CCC(NC(C)=O)CC21. The van der Waals surface area contributed by atoms with Gasteiger partial charge in [0.2, 0.25) is 5.91 Å². The average Bonchev–Trinajstić information content (AvgIpc) is 2.57. The van der Waals surface area contributed by atoms with E-state index >= 15 is 0 Å². The number of amides is 1. The fourth-order valence-electron chi connectivity index (χ4n) is 5.12. The molecule has 3 unspecified atom stereocenters. The molecule has 27 heavy (non-hydrogen) atoms. The lowest BCUT2D eigenvalue weighted by atomic mass is 9.65. The topological polar surface area (TPSA) is 58.6 Å². The number of phenolic OH excluding ortho intramolecular Hbond substituents is 1. The number of rotatable bonds is 6. The molecule has 4 nitrogen and oxygen atoms in total. The highest BCUT2D eigenvalue weighted by molar-refractivity contribution is 5.73. The summed E-state index contributed by atoms with van der Waals surface area (Å²) in [7, 11) is 0. The number of benzene rings is 1. The molecule has 150 valence electrons. The summed E-state index contributed by atoms with van der Waals surface area (Å²) in [5.74, 6) is 1.82. The number of phenols is 1. The van der Waals surface area contributed by atoms with Crippen molar-refractivity contribution in [1.82, 2.24) is 5.32 Å². The second-order valence-electron chi connectivity index (χ2n) is 8.97. The molecule has 1 aromatic carbocycles. The quantitative estimate of drug-likeness (QED) is 0.684. The van der Waals surface area contributed by atoms with Gasteiger partial charge >= 0.3 is 0 Å². The largest absolute Gasteiger partial charge is 0.508 e. The van der Waals surface area contributed by atoms with E-state index in [0.29, 0.717) is 11.7 Å². The number of carbonyl (C=O) groups is 1. The fourth-order valence-corrected chi connectivity index (χ4v) is 5.12. The minimum absolute atomic E-state index is 0.0247. The number of ether oxygens (including phenoxy) is 1. The van der Waals surface area contributed by atoms with Gasteiger partial charge in [0.25, 0.3) is 0 Å². The van der Waals surface area contributed by atoms with Crippen LogP contribution >= 0.6 is 0 Å². The Hall–Kier alpha value is -1.71. The number of aryl methyl sites for hydroxylation is 1. The summed E-state index contributed by atoms with van der Waals surface area (Å²) in [5.41, 5.74) is 1.85. The van der Waals surface area contributed by atoms with Crippen molar-refractivity contribution in [3.05, 3.63) is 23.3 Å². The second kappa shape index (κ2) is 8.12. The van der Waals surface area contributed by atoms with E-state index in [-0.39, 0.29) is 23.5 Å². The lowest BCUT2D eigenvalue weighted by Gasteiger charge is -2.49. The van der Waals surface area contributed by atoms with Gasteiger partial charge in [0.15, 0.2) is 0 Å². The van der Waals surface area contributed by atoms with E-state index in [1.165, 1.54) is 19.3 Å². The van der Waals surface area contributed by atoms with E-state index in [1.54, 1.807) is 6.92 Å². The van der Waals surface area contributed by atoms with Crippen molar-refractivity contribution in [3.8, 4) is 11.5 Å². The number of hydrogen-bond acceptors (Lipinski definition) is 3. The Morgan fingerprint density at radius 1 is 1.26 bits per heavy atom. The van der Waals surface area contributed by atoms with Crippen LogP contribution in [-0.4, -0.2) is 22.7 Å². The molecule has 3 atom stereocenters. The molecular formula is C23H35NO3. The second-order valence-corrected chi connectivity index (χ2v) is 8.97. The Bertz CT molecular complexity index is 682. The molecule has 1 aromatic rings. The Morgan fingerprint density at radius 3 is 2.74 bits per heavy atom. The van der Waals surface area contributed by atoms with Crippen molar-refractivity contribution in [1.29, 1.82) is 0 Å². The molecule has 0 aromatic heterocycles. The van der Waals surface area contributed by atoms with Gasteiger partial charge in [-0.3, -0.25) is 4.79 Å². The van der Waals surface area contributed by atoms with Crippen molar-refractivity contribution < 1.29 is 14.6 Å². The van der Waals surface area contributed by atoms with E-state index in [2.05, 4.69) is 32.2 Å². The van der Waals surface area contributed by atoms with Gasteiger partial charge in [0, 0.05) is 24.4 Å². The maximum Gasteiger partial charge on any atom is 0.217 e. The van der Waals surface area contributed by atoms with Crippen LogP contribution in [0.1, 0.15) is 89.7 Å². The maximum absolute atomic E-state index is 11.5. The standard InChI is InChI=1S/C23H35NO3/c1-5-6-7-8-9-16-12-20(26)22-18-14-17(24-15(2)25)10-11-19(18)23(3,4)27-21(22)13-16/h12-13,17-19,26H,5-11,14H2,1-4H3,(H,24,25). The molecule has 2 N–H and O–H groups in total. The molecule has 0 radical (unpaired) electrons. The monoisotopic (exact) mass is 373 g/mol. The number of fused-ring (bicyclic) bond motifs is 3. The zero-order chi connectivity index (χ0) is 19.6. The molecule has 0 saturated heterocycles. The van der Waals surface area contributed by atoms with Gasteiger partial charge in [-0.05, 0) is 69.6 Å². The van der Waals surface area contributed by atoms with Crippen LogP contribution in [0.15, 0.2) is 12.1 Å². The highest BCUT2D eigenvalue weighted by Gasteiger charge is 2.47. The first-order valence-corrected chi connectivity index (χ1v) is 10.6. The lowest BCUT2D eigenvalue weighted by molar-refractivity contribution is -0.120. The minimum Gasteiger partial charge on any atom is -0.508 e. The van der Waals surface area contributed by atoms with E-state index in [1.807, 2.05) is 6.07 Å². The van der Waals surface area contributed by atoms with E-state index in [4.69, 9.17) is 4.74 Å². The number of carbonyl (C=O) groups excluding carboxylic acids is 1. The van der Waals surface area contributed by atoms with Crippen molar-refractivity contribution in [3.63, 3.8) is 0 Å². The summed E-state index contributed by atoms with van der Waals surface area (Å²) >= 11 is 0. The molecule has 1 saturated carbocycles. The Balaban J connectivity index is 1.85. The van der Waals surface area contributed by atoms with Crippen LogP contribution in [0, 0.1) is 5.92 Å². The van der Waals surface area contributed by atoms with E-state index in [9.17, 15) is 9.90 Å². The predicted octanol–water partition coefficient (Wildman–Crippen LogP) is 5.07. The normalized spacial score (nSPS) is 25.9. The molecule has 1 aliphatic carbocycles.